The second kappa shape index (κ2) is 5.13. The zero-order valence-corrected chi connectivity index (χ0v) is 11.6. The van der Waals surface area contributed by atoms with Crippen molar-refractivity contribution in [3.8, 4) is 11.4 Å². The van der Waals surface area contributed by atoms with Crippen LogP contribution in [0.2, 0.25) is 0 Å². The van der Waals surface area contributed by atoms with Gasteiger partial charge < -0.3 is 4.74 Å². The van der Waals surface area contributed by atoms with Crippen molar-refractivity contribution in [2.45, 2.75) is 5.88 Å². The average Bonchev–Trinajstić information content (AvgIpc) is 2.87. The van der Waals surface area contributed by atoms with Gasteiger partial charge in [-0.3, -0.25) is 4.57 Å². The highest BCUT2D eigenvalue weighted by Gasteiger charge is 2.14. The Morgan fingerprint density at radius 2 is 1.95 bits per heavy atom. The molecule has 0 unspecified atom stereocenters. The summed E-state index contributed by atoms with van der Waals surface area (Å²) < 4.78 is 20.8. The van der Waals surface area contributed by atoms with Crippen LogP contribution < -0.4 is 4.74 Å². The predicted molar refractivity (Wildman–Crippen MR) is 77.1 cm³/mol. The normalized spacial score (nSPS) is 10.9. The van der Waals surface area contributed by atoms with Crippen molar-refractivity contribution in [2.75, 3.05) is 7.11 Å². The van der Waals surface area contributed by atoms with Gasteiger partial charge in [0, 0.05) is 5.69 Å². The molecule has 3 nitrogen and oxygen atoms in total. The van der Waals surface area contributed by atoms with Crippen LogP contribution in [0.25, 0.3) is 16.7 Å². The fraction of sp³-hybridized carbons (Fsp3) is 0.133. The molecule has 1 heterocycles. The van der Waals surface area contributed by atoms with Crippen LogP contribution in [0.4, 0.5) is 4.39 Å². The lowest BCUT2D eigenvalue weighted by atomic mass is 10.2. The molecule has 102 valence electrons. The van der Waals surface area contributed by atoms with Gasteiger partial charge in [0.05, 0.1) is 18.5 Å². The number of halogens is 2. The zero-order chi connectivity index (χ0) is 14.1. The molecule has 0 radical (unpaired) electrons. The van der Waals surface area contributed by atoms with Crippen molar-refractivity contribution >= 4 is 22.6 Å². The molecule has 3 aromatic rings. The molecule has 0 saturated heterocycles. The third-order valence-electron chi connectivity index (χ3n) is 3.16. The number of para-hydroxylation sites is 1. The Labute approximate surface area is 120 Å². The number of hydrogen-bond acceptors (Lipinski definition) is 2. The molecule has 0 bridgehead atoms. The molecule has 0 fully saturated rings. The molecule has 20 heavy (non-hydrogen) atoms. The molecule has 0 aliphatic heterocycles. The maximum absolute atomic E-state index is 13.8. The first kappa shape index (κ1) is 12.9. The largest absolute Gasteiger partial charge is 0.497 e. The molecular weight excluding hydrogens is 279 g/mol. The summed E-state index contributed by atoms with van der Waals surface area (Å²) in [6, 6.07) is 12.4. The van der Waals surface area contributed by atoms with E-state index in [9.17, 15) is 4.39 Å². The Bertz CT molecular complexity index is 752. The molecule has 0 amide bonds. The lowest BCUT2D eigenvalue weighted by Gasteiger charge is -2.08. The Hall–Kier alpha value is -2.07. The zero-order valence-electron chi connectivity index (χ0n) is 10.8. The van der Waals surface area contributed by atoms with Crippen LogP contribution in [0, 0.1) is 5.82 Å². The Balaban J connectivity index is 2.25. The highest BCUT2D eigenvalue weighted by atomic mass is 35.5. The Kier molecular flexibility index (Phi) is 3.32. The molecule has 2 aromatic carbocycles. The van der Waals surface area contributed by atoms with Gasteiger partial charge in [-0.15, -0.1) is 11.6 Å². The summed E-state index contributed by atoms with van der Waals surface area (Å²) in [5, 5.41) is 0. The number of aromatic nitrogens is 2. The lowest BCUT2D eigenvalue weighted by molar-refractivity contribution is 0.414. The highest BCUT2D eigenvalue weighted by molar-refractivity contribution is 6.17. The van der Waals surface area contributed by atoms with E-state index >= 15 is 0 Å². The first-order valence-corrected chi connectivity index (χ1v) is 6.64. The molecule has 0 saturated carbocycles. The molecule has 3 rings (SSSR count). The third kappa shape index (κ3) is 2.02. The number of rotatable bonds is 3. The second-order valence-electron chi connectivity index (χ2n) is 4.30. The first-order valence-electron chi connectivity index (χ1n) is 6.11. The predicted octanol–water partition coefficient (Wildman–Crippen LogP) is 3.91. The number of hydrogen-bond donors (Lipinski definition) is 0. The monoisotopic (exact) mass is 290 g/mol. The van der Waals surface area contributed by atoms with Crippen molar-refractivity contribution < 1.29 is 9.13 Å². The van der Waals surface area contributed by atoms with Crippen molar-refractivity contribution in [3.63, 3.8) is 0 Å². The summed E-state index contributed by atoms with van der Waals surface area (Å²) in [6.07, 6.45) is 0. The van der Waals surface area contributed by atoms with Crippen LogP contribution >= 0.6 is 11.6 Å². The first-order chi connectivity index (χ1) is 9.74. The standard InChI is InChI=1S/C15H12ClFN2O/c1-20-11-7-5-10(6-8-11)19-13-4-2-3-12(17)15(13)18-14(19)9-16/h2-8H,9H2,1H3. The summed E-state index contributed by atoms with van der Waals surface area (Å²) >= 11 is 5.93. The van der Waals surface area contributed by atoms with Gasteiger partial charge in [-0.2, -0.15) is 0 Å². The van der Waals surface area contributed by atoms with Gasteiger partial charge in [0.1, 0.15) is 17.1 Å². The Morgan fingerprint density at radius 1 is 1.20 bits per heavy atom. The summed E-state index contributed by atoms with van der Waals surface area (Å²) in [5.41, 5.74) is 1.90. The van der Waals surface area contributed by atoms with Crippen LogP contribution in [-0.2, 0) is 5.88 Å². The summed E-state index contributed by atoms with van der Waals surface area (Å²) in [7, 11) is 1.61. The van der Waals surface area contributed by atoms with Gasteiger partial charge in [0.25, 0.3) is 0 Å². The maximum atomic E-state index is 13.8. The molecular formula is C15H12ClFN2O. The number of alkyl halides is 1. The summed E-state index contributed by atoms with van der Waals surface area (Å²) in [6.45, 7) is 0. The van der Waals surface area contributed by atoms with Crippen molar-refractivity contribution in [1.82, 2.24) is 9.55 Å². The van der Waals surface area contributed by atoms with E-state index in [1.165, 1.54) is 6.07 Å². The average molecular weight is 291 g/mol. The quantitative estimate of drug-likeness (QED) is 0.684. The van der Waals surface area contributed by atoms with E-state index in [0.717, 1.165) is 11.4 Å². The topological polar surface area (TPSA) is 27.1 Å². The fourth-order valence-electron chi connectivity index (χ4n) is 2.22. The number of imidazole rings is 1. The van der Waals surface area contributed by atoms with Crippen LogP contribution in [0.1, 0.15) is 5.82 Å². The summed E-state index contributed by atoms with van der Waals surface area (Å²) in [5.74, 6) is 1.23. The smallest absolute Gasteiger partial charge is 0.151 e. The molecule has 0 aliphatic carbocycles. The summed E-state index contributed by atoms with van der Waals surface area (Å²) in [4.78, 5) is 4.27. The lowest BCUT2D eigenvalue weighted by Crippen LogP contribution is -1.99. The molecule has 0 aliphatic rings. The molecule has 0 spiro atoms. The van der Waals surface area contributed by atoms with Gasteiger partial charge in [0.2, 0.25) is 0 Å². The minimum absolute atomic E-state index is 0.208. The van der Waals surface area contributed by atoms with E-state index in [4.69, 9.17) is 16.3 Å². The van der Waals surface area contributed by atoms with Crippen molar-refractivity contribution in [2.24, 2.45) is 0 Å². The van der Waals surface area contributed by atoms with Gasteiger partial charge in [0.15, 0.2) is 5.82 Å². The minimum atomic E-state index is -0.346. The van der Waals surface area contributed by atoms with Crippen LogP contribution in [0.15, 0.2) is 42.5 Å². The fourth-order valence-corrected chi connectivity index (χ4v) is 2.40. The highest BCUT2D eigenvalue weighted by Crippen LogP contribution is 2.25. The van der Waals surface area contributed by atoms with Gasteiger partial charge in [-0.05, 0) is 36.4 Å². The maximum Gasteiger partial charge on any atom is 0.151 e. The Morgan fingerprint density at radius 3 is 2.60 bits per heavy atom. The molecule has 5 heteroatoms. The number of fused-ring (bicyclic) bond motifs is 1. The van der Waals surface area contributed by atoms with E-state index in [-0.39, 0.29) is 11.7 Å². The third-order valence-corrected chi connectivity index (χ3v) is 3.39. The minimum Gasteiger partial charge on any atom is -0.497 e. The van der Waals surface area contributed by atoms with E-state index in [1.807, 2.05) is 34.9 Å². The second-order valence-corrected chi connectivity index (χ2v) is 4.57. The van der Waals surface area contributed by atoms with Crippen LogP contribution in [0.3, 0.4) is 0 Å². The van der Waals surface area contributed by atoms with E-state index in [2.05, 4.69) is 4.98 Å². The van der Waals surface area contributed by atoms with E-state index in [1.54, 1.807) is 13.2 Å². The molecule has 0 N–H and O–H groups in total. The molecule has 1 aromatic heterocycles. The van der Waals surface area contributed by atoms with E-state index in [0.29, 0.717) is 16.9 Å². The van der Waals surface area contributed by atoms with Gasteiger partial charge >= 0.3 is 0 Å². The van der Waals surface area contributed by atoms with Crippen molar-refractivity contribution in [3.05, 3.63) is 54.1 Å². The SMILES string of the molecule is COc1ccc(-n2c(CCl)nc3c(F)cccc32)cc1. The van der Waals surface area contributed by atoms with Crippen molar-refractivity contribution in [1.29, 1.82) is 0 Å². The number of ether oxygens (including phenoxy) is 1. The number of methoxy groups -OCH3 is 1. The molecule has 0 atom stereocenters. The van der Waals surface area contributed by atoms with Gasteiger partial charge in [-0.25, -0.2) is 9.37 Å². The van der Waals surface area contributed by atoms with Crippen LogP contribution in [0.5, 0.6) is 5.75 Å². The van der Waals surface area contributed by atoms with E-state index < -0.39 is 0 Å². The number of benzene rings is 2. The number of nitrogens with zero attached hydrogens (tertiary/aromatic N) is 2. The van der Waals surface area contributed by atoms with Gasteiger partial charge in [-0.1, -0.05) is 6.07 Å². The van der Waals surface area contributed by atoms with Crippen LogP contribution in [-0.4, -0.2) is 16.7 Å².